The zero-order chi connectivity index (χ0) is 14.9. The molecule has 2 aromatic carbocycles. The number of alkyl halides is 1. The molecule has 0 radical (unpaired) electrons. The van der Waals surface area contributed by atoms with Crippen LogP contribution >= 0.6 is 11.6 Å². The van der Waals surface area contributed by atoms with E-state index in [1.54, 1.807) is 6.92 Å². The van der Waals surface area contributed by atoms with Gasteiger partial charge in [0, 0.05) is 5.56 Å². The van der Waals surface area contributed by atoms with Gasteiger partial charge in [0.25, 0.3) is 0 Å². The van der Waals surface area contributed by atoms with E-state index in [0.717, 1.165) is 0 Å². The third-order valence-corrected chi connectivity index (χ3v) is 3.94. The maximum absolute atomic E-state index is 14.1. The van der Waals surface area contributed by atoms with E-state index in [-0.39, 0.29) is 5.56 Å². The van der Waals surface area contributed by atoms with Crippen LogP contribution < -0.4 is 0 Å². The van der Waals surface area contributed by atoms with Gasteiger partial charge in [-0.2, -0.15) is 0 Å². The minimum absolute atomic E-state index is 0.0797. The molecule has 0 aliphatic heterocycles. The largest absolute Gasteiger partial charge is 0.207 e. The van der Waals surface area contributed by atoms with Crippen molar-refractivity contribution < 1.29 is 8.78 Å². The smallest absolute Gasteiger partial charge is 0.134 e. The molecular formula is C17H17ClF2. The maximum Gasteiger partial charge on any atom is 0.134 e. The Labute approximate surface area is 123 Å². The average Bonchev–Trinajstić information content (AvgIpc) is 2.43. The molecule has 106 valence electrons. The van der Waals surface area contributed by atoms with Crippen molar-refractivity contribution in [2.24, 2.45) is 0 Å². The zero-order valence-corrected chi connectivity index (χ0v) is 12.5. The summed E-state index contributed by atoms with van der Waals surface area (Å²) in [6.07, 6.45) is 0. The standard InChI is InChI=1S/C17H17ClF2/c1-10(2)12-5-7-13(8-6-12)16(18)15-14(19)9-4-11(3)17(15)20/h4-10,16H,1-3H3. The van der Waals surface area contributed by atoms with Crippen LogP contribution in [0.15, 0.2) is 36.4 Å². The van der Waals surface area contributed by atoms with E-state index in [1.807, 2.05) is 24.3 Å². The van der Waals surface area contributed by atoms with Gasteiger partial charge in [0.1, 0.15) is 11.6 Å². The quantitative estimate of drug-likeness (QED) is 0.635. The second-order valence-corrected chi connectivity index (χ2v) is 5.71. The van der Waals surface area contributed by atoms with E-state index in [2.05, 4.69) is 13.8 Å². The van der Waals surface area contributed by atoms with E-state index in [1.165, 1.54) is 17.7 Å². The highest BCUT2D eigenvalue weighted by Gasteiger charge is 2.21. The number of halogens is 3. The van der Waals surface area contributed by atoms with Gasteiger partial charge in [-0.25, -0.2) is 8.78 Å². The molecule has 0 fully saturated rings. The number of benzene rings is 2. The van der Waals surface area contributed by atoms with E-state index in [9.17, 15) is 8.78 Å². The van der Waals surface area contributed by atoms with Crippen molar-refractivity contribution in [3.63, 3.8) is 0 Å². The van der Waals surface area contributed by atoms with Gasteiger partial charge < -0.3 is 0 Å². The van der Waals surface area contributed by atoms with Gasteiger partial charge in [0.2, 0.25) is 0 Å². The lowest BCUT2D eigenvalue weighted by molar-refractivity contribution is 0.553. The summed E-state index contributed by atoms with van der Waals surface area (Å²) in [5, 5.41) is -0.823. The van der Waals surface area contributed by atoms with Gasteiger partial charge >= 0.3 is 0 Å². The lowest BCUT2D eigenvalue weighted by Gasteiger charge is -2.15. The topological polar surface area (TPSA) is 0 Å². The minimum Gasteiger partial charge on any atom is -0.207 e. The number of rotatable bonds is 3. The second kappa shape index (κ2) is 5.92. The molecule has 0 heterocycles. The lowest BCUT2D eigenvalue weighted by atomic mass is 9.97. The summed E-state index contributed by atoms with van der Waals surface area (Å²) < 4.78 is 27.9. The van der Waals surface area contributed by atoms with Crippen molar-refractivity contribution in [2.45, 2.75) is 32.1 Å². The lowest BCUT2D eigenvalue weighted by Crippen LogP contribution is -2.03. The normalized spacial score (nSPS) is 12.8. The first-order valence-electron chi connectivity index (χ1n) is 6.60. The van der Waals surface area contributed by atoms with Crippen molar-refractivity contribution in [3.05, 3.63) is 70.3 Å². The predicted molar refractivity (Wildman–Crippen MR) is 79.3 cm³/mol. The molecular weight excluding hydrogens is 278 g/mol. The van der Waals surface area contributed by atoms with Gasteiger partial charge in [0.15, 0.2) is 0 Å². The van der Waals surface area contributed by atoms with Crippen LogP contribution in [-0.4, -0.2) is 0 Å². The fraction of sp³-hybridized carbons (Fsp3) is 0.294. The Bertz CT molecular complexity index is 603. The Morgan fingerprint density at radius 3 is 2.00 bits per heavy atom. The summed E-state index contributed by atoms with van der Waals surface area (Å²) in [4.78, 5) is 0. The van der Waals surface area contributed by atoms with E-state index in [0.29, 0.717) is 17.0 Å². The van der Waals surface area contributed by atoms with Crippen LogP contribution in [0.3, 0.4) is 0 Å². The molecule has 3 heteroatoms. The molecule has 1 atom stereocenters. The molecule has 2 aromatic rings. The second-order valence-electron chi connectivity index (χ2n) is 5.28. The SMILES string of the molecule is Cc1ccc(F)c(C(Cl)c2ccc(C(C)C)cc2)c1F. The van der Waals surface area contributed by atoms with Crippen LogP contribution in [0.2, 0.25) is 0 Å². The Hall–Kier alpha value is -1.41. The summed E-state index contributed by atoms with van der Waals surface area (Å²) in [7, 11) is 0. The van der Waals surface area contributed by atoms with Crippen LogP contribution in [-0.2, 0) is 0 Å². The number of hydrogen-bond acceptors (Lipinski definition) is 0. The van der Waals surface area contributed by atoms with Gasteiger partial charge in [-0.1, -0.05) is 44.2 Å². The van der Waals surface area contributed by atoms with Crippen LogP contribution in [0, 0.1) is 18.6 Å². The molecule has 0 spiro atoms. The highest BCUT2D eigenvalue weighted by Crippen LogP contribution is 2.34. The molecule has 0 aliphatic carbocycles. The minimum atomic E-state index is -0.823. The Morgan fingerprint density at radius 1 is 0.900 bits per heavy atom. The van der Waals surface area contributed by atoms with Crippen LogP contribution in [0.4, 0.5) is 8.78 Å². The molecule has 1 unspecified atom stereocenters. The number of aryl methyl sites for hydroxylation is 1. The van der Waals surface area contributed by atoms with Crippen molar-refractivity contribution in [1.29, 1.82) is 0 Å². The van der Waals surface area contributed by atoms with Crippen molar-refractivity contribution in [1.82, 2.24) is 0 Å². The van der Waals surface area contributed by atoms with E-state index in [4.69, 9.17) is 11.6 Å². The molecule has 0 aromatic heterocycles. The fourth-order valence-electron chi connectivity index (χ4n) is 2.13. The Kier molecular flexibility index (Phi) is 4.44. The van der Waals surface area contributed by atoms with Gasteiger partial charge in [0.05, 0.1) is 5.38 Å². The molecule has 2 rings (SSSR count). The van der Waals surface area contributed by atoms with Gasteiger partial charge in [-0.05, 0) is 35.6 Å². The third kappa shape index (κ3) is 2.85. The maximum atomic E-state index is 14.1. The number of hydrogen-bond donors (Lipinski definition) is 0. The molecule has 0 N–H and O–H groups in total. The summed E-state index contributed by atoms with van der Waals surface area (Å²) in [5.41, 5.74) is 2.18. The molecule has 20 heavy (non-hydrogen) atoms. The van der Waals surface area contributed by atoms with Crippen molar-refractivity contribution in [3.8, 4) is 0 Å². The van der Waals surface area contributed by atoms with Gasteiger partial charge in [-0.15, -0.1) is 11.6 Å². The van der Waals surface area contributed by atoms with Crippen molar-refractivity contribution in [2.75, 3.05) is 0 Å². The van der Waals surface area contributed by atoms with Crippen LogP contribution in [0.5, 0.6) is 0 Å². The average molecular weight is 295 g/mol. The zero-order valence-electron chi connectivity index (χ0n) is 11.8. The first-order valence-corrected chi connectivity index (χ1v) is 7.04. The highest BCUT2D eigenvalue weighted by atomic mass is 35.5. The van der Waals surface area contributed by atoms with Crippen LogP contribution in [0.1, 0.15) is 47.4 Å². The molecule has 0 saturated heterocycles. The summed E-state index contributed by atoms with van der Waals surface area (Å²) >= 11 is 6.27. The Balaban J connectivity index is 2.41. The summed E-state index contributed by atoms with van der Waals surface area (Å²) in [6.45, 7) is 5.78. The van der Waals surface area contributed by atoms with Gasteiger partial charge in [-0.3, -0.25) is 0 Å². The third-order valence-electron chi connectivity index (χ3n) is 3.47. The van der Waals surface area contributed by atoms with Crippen molar-refractivity contribution >= 4 is 11.6 Å². The monoisotopic (exact) mass is 294 g/mol. The molecule has 0 saturated carbocycles. The van der Waals surface area contributed by atoms with Crippen LogP contribution in [0.25, 0.3) is 0 Å². The Morgan fingerprint density at radius 2 is 1.45 bits per heavy atom. The molecule has 0 nitrogen and oxygen atoms in total. The summed E-state index contributed by atoms with van der Waals surface area (Å²) in [5.74, 6) is -0.774. The van der Waals surface area contributed by atoms with E-state index >= 15 is 0 Å². The molecule has 0 amide bonds. The van der Waals surface area contributed by atoms with E-state index < -0.39 is 17.0 Å². The first-order chi connectivity index (χ1) is 9.41. The summed E-state index contributed by atoms with van der Waals surface area (Å²) in [6, 6.07) is 10.2. The fourth-order valence-corrected chi connectivity index (χ4v) is 2.47. The highest BCUT2D eigenvalue weighted by molar-refractivity contribution is 6.22. The molecule has 0 bridgehead atoms. The first kappa shape index (κ1) is 15.0. The predicted octanol–water partition coefficient (Wildman–Crippen LogP) is 5.72. The molecule has 0 aliphatic rings.